The Kier molecular flexibility index (Phi) is 7.75. The molecule has 1 aromatic heterocycles. The van der Waals surface area contributed by atoms with E-state index in [2.05, 4.69) is 40.7 Å². The number of rotatable bonds is 4. The molecule has 1 saturated carbocycles. The predicted octanol–water partition coefficient (Wildman–Crippen LogP) is 4.24. The fourth-order valence-corrected chi connectivity index (χ4v) is 3.22. The van der Waals surface area contributed by atoms with Crippen LogP contribution in [0.4, 0.5) is 0 Å². The molecular weight excluding hydrogens is 411 g/mol. The van der Waals surface area contributed by atoms with Crippen LogP contribution in [0.2, 0.25) is 0 Å². The van der Waals surface area contributed by atoms with E-state index in [1.54, 1.807) is 0 Å². The molecule has 0 unspecified atom stereocenters. The molecule has 0 bridgehead atoms. The molecule has 4 nitrogen and oxygen atoms in total. The maximum absolute atomic E-state index is 4.79. The molecule has 0 radical (unpaired) electrons. The summed E-state index contributed by atoms with van der Waals surface area (Å²) < 4.78 is 0. The van der Waals surface area contributed by atoms with Gasteiger partial charge in [0, 0.05) is 24.2 Å². The summed E-state index contributed by atoms with van der Waals surface area (Å²) in [6.07, 6.45) is 8.40. The van der Waals surface area contributed by atoms with Crippen LogP contribution in [0.15, 0.2) is 41.5 Å². The Balaban J connectivity index is 0.00000208. The van der Waals surface area contributed by atoms with Gasteiger partial charge in [0.1, 0.15) is 0 Å². The van der Waals surface area contributed by atoms with Gasteiger partial charge in [-0.05, 0) is 37.5 Å². The molecule has 0 atom stereocenters. The lowest BCUT2D eigenvalue weighted by atomic mass is 9.96. The summed E-state index contributed by atoms with van der Waals surface area (Å²) in [5.41, 5.74) is 2.25. The second kappa shape index (κ2) is 9.81. The van der Waals surface area contributed by atoms with E-state index >= 15 is 0 Å². The number of nitrogens with zero attached hydrogens (tertiary/aromatic N) is 2. The second-order valence-electron chi connectivity index (χ2n) is 6.16. The number of aliphatic imine (C=N–C) groups is 1. The smallest absolute Gasteiger partial charge is 0.191 e. The van der Waals surface area contributed by atoms with Gasteiger partial charge < -0.3 is 10.6 Å². The number of benzene rings is 1. The van der Waals surface area contributed by atoms with E-state index in [-0.39, 0.29) is 24.0 Å². The van der Waals surface area contributed by atoms with Gasteiger partial charge in [-0.2, -0.15) is 0 Å². The average molecular weight is 438 g/mol. The van der Waals surface area contributed by atoms with E-state index in [9.17, 15) is 0 Å². The SMILES string of the molecule is CCNC(=NCc1ccnc2ccccc12)NC1CCCCC1.I. The molecule has 3 rings (SSSR count). The van der Waals surface area contributed by atoms with Crippen LogP contribution in [-0.4, -0.2) is 23.5 Å². The molecule has 1 heterocycles. The first kappa shape index (κ1) is 19.0. The van der Waals surface area contributed by atoms with Crippen LogP contribution in [0, 0.1) is 0 Å². The molecule has 1 fully saturated rings. The summed E-state index contributed by atoms with van der Waals surface area (Å²) in [5, 5.41) is 8.16. The van der Waals surface area contributed by atoms with Gasteiger partial charge in [-0.3, -0.25) is 4.98 Å². The van der Waals surface area contributed by atoms with E-state index < -0.39 is 0 Å². The van der Waals surface area contributed by atoms with Gasteiger partial charge in [-0.1, -0.05) is 37.5 Å². The zero-order chi connectivity index (χ0) is 15.9. The first-order chi connectivity index (χ1) is 11.4. The Labute approximate surface area is 161 Å². The van der Waals surface area contributed by atoms with Crippen LogP contribution in [-0.2, 0) is 6.54 Å². The van der Waals surface area contributed by atoms with Crippen LogP contribution in [0.3, 0.4) is 0 Å². The number of guanidine groups is 1. The fourth-order valence-electron chi connectivity index (χ4n) is 3.22. The molecule has 1 aliphatic rings. The molecule has 0 aliphatic heterocycles. The van der Waals surface area contributed by atoms with Crippen molar-refractivity contribution in [3.63, 3.8) is 0 Å². The molecule has 1 aromatic carbocycles. The molecule has 2 N–H and O–H groups in total. The van der Waals surface area contributed by atoms with Gasteiger partial charge in [0.05, 0.1) is 12.1 Å². The minimum absolute atomic E-state index is 0. The molecule has 2 aromatic rings. The Morgan fingerprint density at radius 1 is 1.17 bits per heavy atom. The van der Waals surface area contributed by atoms with Gasteiger partial charge in [0.25, 0.3) is 0 Å². The summed E-state index contributed by atoms with van der Waals surface area (Å²) in [4.78, 5) is 9.21. The Bertz CT molecular complexity index is 660. The molecule has 1 aliphatic carbocycles. The molecular formula is C19H27IN4. The summed E-state index contributed by atoms with van der Waals surface area (Å²) in [6, 6.07) is 10.9. The highest BCUT2D eigenvalue weighted by Crippen LogP contribution is 2.18. The molecule has 0 spiro atoms. The number of aromatic nitrogens is 1. The summed E-state index contributed by atoms with van der Waals surface area (Å²) in [7, 11) is 0. The molecule has 0 saturated heterocycles. The summed E-state index contributed by atoms with van der Waals surface area (Å²) >= 11 is 0. The molecule has 0 amide bonds. The number of hydrogen-bond donors (Lipinski definition) is 2. The fraction of sp³-hybridized carbons (Fsp3) is 0.474. The summed E-state index contributed by atoms with van der Waals surface area (Å²) in [5.74, 6) is 0.931. The summed E-state index contributed by atoms with van der Waals surface area (Å²) in [6.45, 7) is 3.67. The van der Waals surface area contributed by atoms with Gasteiger partial charge in [0.2, 0.25) is 0 Å². The highest BCUT2D eigenvalue weighted by molar-refractivity contribution is 14.0. The van der Waals surface area contributed by atoms with E-state index in [0.717, 1.165) is 18.0 Å². The van der Waals surface area contributed by atoms with Crippen molar-refractivity contribution in [1.29, 1.82) is 0 Å². The quantitative estimate of drug-likeness (QED) is 0.427. The lowest BCUT2D eigenvalue weighted by molar-refractivity contribution is 0.410. The van der Waals surface area contributed by atoms with Crippen molar-refractivity contribution in [3.05, 3.63) is 42.1 Å². The third kappa shape index (κ3) is 5.06. The highest BCUT2D eigenvalue weighted by atomic mass is 127. The maximum Gasteiger partial charge on any atom is 0.191 e. The van der Waals surface area contributed by atoms with Crippen molar-refractivity contribution in [2.24, 2.45) is 4.99 Å². The molecule has 24 heavy (non-hydrogen) atoms. The van der Waals surface area contributed by atoms with Crippen molar-refractivity contribution in [1.82, 2.24) is 15.6 Å². The van der Waals surface area contributed by atoms with Crippen LogP contribution in [0.1, 0.15) is 44.6 Å². The number of pyridine rings is 1. The van der Waals surface area contributed by atoms with E-state index in [0.29, 0.717) is 12.6 Å². The van der Waals surface area contributed by atoms with E-state index in [1.165, 1.54) is 43.1 Å². The lowest BCUT2D eigenvalue weighted by Gasteiger charge is -2.24. The van der Waals surface area contributed by atoms with Gasteiger partial charge in [0.15, 0.2) is 5.96 Å². The third-order valence-electron chi connectivity index (χ3n) is 4.44. The number of hydrogen-bond acceptors (Lipinski definition) is 2. The second-order valence-corrected chi connectivity index (χ2v) is 6.16. The number of para-hydroxylation sites is 1. The standard InChI is InChI=1S/C19H26N4.HI/c1-2-20-19(23-16-8-4-3-5-9-16)22-14-15-12-13-21-18-11-7-6-10-17(15)18;/h6-7,10-13,16H,2-5,8-9,14H2,1H3,(H2,20,22,23);1H. The zero-order valence-corrected chi connectivity index (χ0v) is 16.6. The van der Waals surface area contributed by atoms with Crippen LogP contribution >= 0.6 is 24.0 Å². The van der Waals surface area contributed by atoms with Crippen LogP contribution < -0.4 is 10.6 Å². The van der Waals surface area contributed by atoms with Crippen LogP contribution in [0.5, 0.6) is 0 Å². The lowest BCUT2D eigenvalue weighted by Crippen LogP contribution is -2.44. The minimum atomic E-state index is 0. The van der Waals surface area contributed by atoms with Crippen molar-refractivity contribution >= 4 is 40.8 Å². The number of nitrogens with one attached hydrogen (secondary N) is 2. The first-order valence-electron chi connectivity index (χ1n) is 8.74. The number of halogens is 1. The first-order valence-corrected chi connectivity index (χ1v) is 8.74. The van der Waals surface area contributed by atoms with Gasteiger partial charge in [-0.15, -0.1) is 24.0 Å². The van der Waals surface area contributed by atoms with Crippen molar-refractivity contribution < 1.29 is 0 Å². The third-order valence-corrected chi connectivity index (χ3v) is 4.44. The van der Waals surface area contributed by atoms with Crippen molar-refractivity contribution in [2.45, 2.75) is 51.6 Å². The van der Waals surface area contributed by atoms with E-state index in [1.807, 2.05) is 18.3 Å². The van der Waals surface area contributed by atoms with E-state index in [4.69, 9.17) is 4.99 Å². The number of fused-ring (bicyclic) bond motifs is 1. The zero-order valence-electron chi connectivity index (χ0n) is 14.3. The van der Waals surface area contributed by atoms with Crippen molar-refractivity contribution in [3.8, 4) is 0 Å². The largest absolute Gasteiger partial charge is 0.357 e. The van der Waals surface area contributed by atoms with Gasteiger partial charge in [-0.25, -0.2) is 4.99 Å². The molecule has 5 heteroatoms. The maximum atomic E-state index is 4.79. The predicted molar refractivity (Wildman–Crippen MR) is 112 cm³/mol. The molecule has 130 valence electrons. The van der Waals surface area contributed by atoms with Crippen LogP contribution in [0.25, 0.3) is 10.9 Å². The Hall–Kier alpha value is -1.37. The average Bonchev–Trinajstić information content (AvgIpc) is 2.61. The van der Waals surface area contributed by atoms with Crippen molar-refractivity contribution in [2.75, 3.05) is 6.54 Å². The van der Waals surface area contributed by atoms with Gasteiger partial charge >= 0.3 is 0 Å². The normalized spacial score (nSPS) is 15.8. The highest BCUT2D eigenvalue weighted by Gasteiger charge is 2.14. The Morgan fingerprint density at radius 2 is 1.96 bits per heavy atom. The Morgan fingerprint density at radius 3 is 2.75 bits per heavy atom. The monoisotopic (exact) mass is 438 g/mol. The minimum Gasteiger partial charge on any atom is -0.357 e. The topological polar surface area (TPSA) is 49.3 Å².